The summed E-state index contributed by atoms with van der Waals surface area (Å²) in [5.41, 5.74) is 5.89. The second kappa shape index (κ2) is 14.4. The van der Waals surface area contributed by atoms with Gasteiger partial charge in [0.1, 0.15) is 23.7 Å². The summed E-state index contributed by atoms with van der Waals surface area (Å²) in [6.07, 6.45) is 6.28. The van der Waals surface area contributed by atoms with Gasteiger partial charge in [0.15, 0.2) is 0 Å². The molecule has 9 rings (SSSR count). The molecule has 8 atom stereocenters. The van der Waals surface area contributed by atoms with Crippen molar-refractivity contribution in [2.45, 2.75) is 88.6 Å². The van der Waals surface area contributed by atoms with Crippen molar-refractivity contribution in [3.8, 4) is 33.6 Å². The number of nitrogens with one attached hydrogen (secondary N) is 4. The van der Waals surface area contributed by atoms with Crippen LogP contribution in [0.2, 0.25) is 0 Å². The Morgan fingerprint density at radius 2 is 1.18 bits per heavy atom. The van der Waals surface area contributed by atoms with Gasteiger partial charge in [-0.05, 0) is 90.0 Å². The molecule has 0 bridgehead atoms. The van der Waals surface area contributed by atoms with E-state index in [9.17, 15) is 24.3 Å². The average Bonchev–Trinajstić information content (AvgIpc) is 3.82. The minimum absolute atomic E-state index is 0.0980. The third-order valence-electron chi connectivity index (χ3n) is 12.4. The zero-order chi connectivity index (χ0) is 39.5. The van der Waals surface area contributed by atoms with Gasteiger partial charge in [0.05, 0.1) is 43.0 Å². The molecule has 2 saturated carbocycles. The zero-order valence-corrected chi connectivity index (χ0v) is 32.1. The van der Waals surface area contributed by atoms with Gasteiger partial charge in [-0.15, -0.1) is 0 Å². The molecular formula is C43H46N8O6. The molecule has 4 fully saturated rings. The molecule has 0 radical (unpaired) electrons. The Morgan fingerprint density at radius 3 is 1.70 bits per heavy atom. The van der Waals surface area contributed by atoms with Crippen LogP contribution >= 0.6 is 0 Å². The van der Waals surface area contributed by atoms with Crippen molar-refractivity contribution in [1.82, 2.24) is 40.4 Å². The summed E-state index contributed by atoms with van der Waals surface area (Å²) in [5.74, 6) is 2.08. The van der Waals surface area contributed by atoms with Gasteiger partial charge in [-0.25, -0.2) is 19.6 Å². The zero-order valence-electron chi connectivity index (χ0n) is 32.1. The van der Waals surface area contributed by atoms with E-state index in [4.69, 9.17) is 9.72 Å². The van der Waals surface area contributed by atoms with E-state index in [1.54, 1.807) is 6.20 Å². The first-order valence-corrected chi connectivity index (χ1v) is 19.9. The molecule has 2 aliphatic carbocycles. The van der Waals surface area contributed by atoms with Crippen LogP contribution in [0.5, 0.6) is 0 Å². The number of imidazole rings is 2. The quantitative estimate of drug-likeness (QED) is 0.0972. The first-order valence-electron chi connectivity index (χ1n) is 19.9. The van der Waals surface area contributed by atoms with Crippen molar-refractivity contribution >= 4 is 34.8 Å². The summed E-state index contributed by atoms with van der Waals surface area (Å²) in [4.78, 5) is 70.4. The number of likely N-dealkylation sites (tertiary alicyclic amines) is 2. The van der Waals surface area contributed by atoms with Crippen LogP contribution < -0.4 is 10.6 Å². The van der Waals surface area contributed by atoms with E-state index in [1.807, 2.05) is 29.8 Å². The van der Waals surface area contributed by atoms with Crippen LogP contribution in [0.25, 0.3) is 44.4 Å². The Hall–Kier alpha value is -6.18. The third-order valence-corrected chi connectivity index (χ3v) is 12.4. The molecule has 5 N–H and O–H groups in total. The number of hydrogen-bond donors (Lipinski definition) is 5. The van der Waals surface area contributed by atoms with Crippen LogP contribution in [0.4, 0.5) is 9.59 Å². The topological polar surface area (TPSA) is 186 Å². The van der Waals surface area contributed by atoms with E-state index in [-0.39, 0.29) is 36.0 Å². The minimum Gasteiger partial charge on any atom is -0.465 e. The lowest BCUT2D eigenvalue weighted by molar-refractivity contribution is -0.136. The van der Waals surface area contributed by atoms with Crippen LogP contribution in [-0.2, 0) is 14.3 Å². The molecule has 4 aliphatic rings. The fraction of sp³-hybridized carbons (Fsp3) is 0.395. The monoisotopic (exact) mass is 770 g/mol. The molecule has 4 amide bonds. The van der Waals surface area contributed by atoms with Crippen molar-refractivity contribution in [3.63, 3.8) is 0 Å². The number of nitrogens with zero attached hydrogens (tertiary/aromatic N) is 4. The van der Waals surface area contributed by atoms with E-state index < -0.39 is 24.3 Å². The van der Waals surface area contributed by atoms with Crippen molar-refractivity contribution in [2.24, 2.45) is 11.8 Å². The molecule has 4 heterocycles. The van der Waals surface area contributed by atoms with Gasteiger partial charge in [0.2, 0.25) is 11.8 Å². The number of methoxy groups -OCH3 is 1. The van der Waals surface area contributed by atoms with Crippen LogP contribution in [0.3, 0.4) is 0 Å². The van der Waals surface area contributed by atoms with E-state index in [2.05, 4.69) is 86.2 Å². The number of benzene rings is 3. The predicted octanol–water partition coefficient (Wildman–Crippen LogP) is 6.79. The summed E-state index contributed by atoms with van der Waals surface area (Å²) >= 11 is 0. The maximum absolute atomic E-state index is 13.6. The number of carboxylic acid groups (broad SMARTS) is 1. The van der Waals surface area contributed by atoms with Gasteiger partial charge in [0, 0.05) is 17.6 Å². The van der Waals surface area contributed by atoms with Gasteiger partial charge in [-0.1, -0.05) is 62.4 Å². The highest BCUT2D eigenvalue weighted by atomic mass is 16.5. The highest BCUT2D eigenvalue weighted by Gasteiger charge is 2.57. The molecule has 2 saturated heterocycles. The van der Waals surface area contributed by atoms with Crippen LogP contribution in [-0.4, -0.2) is 90.1 Å². The highest BCUT2D eigenvalue weighted by molar-refractivity contribution is 5.91. The van der Waals surface area contributed by atoms with E-state index >= 15 is 0 Å². The van der Waals surface area contributed by atoms with Gasteiger partial charge >= 0.3 is 12.2 Å². The fourth-order valence-electron chi connectivity index (χ4n) is 9.16. The fourth-order valence-corrected chi connectivity index (χ4v) is 9.16. The number of aromatic amines is 2. The molecule has 0 spiro atoms. The molecule has 2 aromatic heterocycles. The maximum Gasteiger partial charge on any atom is 0.407 e. The molecule has 14 heteroatoms. The van der Waals surface area contributed by atoms with Crippen LogP contribution in [0, 0.1) is 11.8 Å². The largest absolute Gasteiger partial charge is 0.465 e. The predicted molar refractivity (Wildman–Crippen MR) is 212 cm³/mol. The summed E-state index contributed by atoms with van der Waals surface area (Å²) in [5, 5.41) is 16.5. The lowest BCUT2D eigenvalue weighted by Crippen LogP contribution is -2.49. The maximum atomic E-state index is 13.6. The Morgan fingerprint density at radius 1 is 0.702 bits per heavy atom. The second-order valence-corrected chi connectivity index (χ2v) is 15.8. The van der Waals surface area contributed by atoms with Gasteiger partial charge < -0.3 is 40.2 Å². The molecule has 2 unspecified atom stereocenters. The number of piperidine rings is 2. The number of carbonyl (C=O) groups excluding carboxylic acids is 3. The lowest BCUT2D eigenvalue weighted by Gasteiger charge is -2.30. The Labute approximate surface area is 329 Å². The molecule has 3 aromatic carbocycles. The number of rotatable bonds is 11. The number of aromatic nitrogens is 4. The lowest BCUT2D eigenvalue weighted by atomic mass is 9.98. The molecular weight excluding hydrogens is 725 g/mol. The van der Waals surface area contributed by atoms with Crippen molar-refractivity contribution < 1.29 is 29.0 Å². The van der Waals surface area contributed by atoms with Crippen molar-refractivity contribution in [1.29, 1.82) is 0 Å². The molecule has 2 aliphatic heterocycles. The standard InChI is InChI=1S/C43H46N8O6/c1-4-30(48-42(54)55)40(52)50-34-16-28(34)18-36(50)38-44-20-32(46-38)23-8-6-22(7-9-23)24-10-11-26-15-27(13-12-25(26)14-24)33-21-45-39(47-33)37-19-29-17-35(29)51(37)41(53)31(5-2)49-43(56)57-3/h6-15,20-21,28-31,34-37,48H,4-5,16-19H2,1-3H3,(H,44,46)(H,45,47)(H,49,56)(H,54,55)/t28-,29-,30?,31?,34-,35-,36+,37+/m1/s1. The summed E-state index contributed by atoms with van der Waals surface area (Å²) in [7, 11) is 1.30. The first-order chi connectivity index (χ1) is 27.6. The molecule has 294 valence electrons. The Kier molecular flexibility index (Phi) is 9.21. The molecule has 5 aromatic rings. The normalized spacial score (nSPS) is 24.1. The van der Waals surface area contributed by atoms with Gasteiger partial charge in [0.25, 0.3) is 0 Å². The number of alkyl carbamates (subject to hydrolysis) is 1. The van der Waals surface area contributed by atoms with Gasteiger partial charge in [-0.2, -0.15) is 0 Å². The van der Waals surface area contributed by atoms with Crippen LogP contribution in [0.1, 0.15) is 76.1 Å². The van der Waals surface area contributed by atoms with E-state index in [0.717, 1.165) is 81.7 Å². The average molecular weight is 771 g/mol. The van der Waals surface area contributed by atoms with E-state index in [0.29, 0.717) is 24.7 Å². The SMILES string of the molecule is CCC(NC(=O)O)C(=O)N1[C@@H]2C[C@@H]2C[C@H]1c1ncc(-c2ccc(-c3ccc4cc(-c5cnc([C@@H]6C[C@H]7C[C@H]7N6C(=O)C(CC)NC(=O)OC)[nH]5)ccc4c3)cc2)[nH]1. The highest BCUT2D eigenvalue weighted by Crippen LogP contribution is 2.54. The van der Waals surface area contributed by atoms with E-state index in [1.165, 1.54) is 7.11 Å². The van der Waals surface area contributed by atoms with Gasteiger partial charge in [-0.3, -0.25) is 9.59 Å². The Bertz CT molecular complexity index is 2370. The minimum atomic E-state index is -1.20. The summed E-state index contributed by atoms with van der Waals surface area (Å²) in [6, 6.07) is 19.6. The molecule has 14 nitrogen and oxygen atoms in total. The van der Waals surface area contributed by atoms with Crippen LogP contribution in [0.15, 0.2) is 73.1 Å². The number of H-pyrrole nitrogens is 2. The van der Waals surface area contributed by atoms with Crippen molar-refractivity contribution in [2.75, 3.05) is 7.11 Å². The number of carbonyl (C=O) groups is 4. The number of fused-ring (bicyclic) bond motifs is 3. The Balaban J connectivity index is 0.880. The van der Waals surface area contributed by atoms with Crippen molar-refractivity contribution in [3.05, 3.63) is 84.7 Å². The summed E-state index contributed by atoms with van der Waals surface area (Å²) in [6.45, 7) is 3.69. The molecule has 57 heavy (non-hydrogen) atoms. The number of amides is 4. The third kappa shape index (κ3) is 6.76. The summed E-state index contributed by atoms with van der Waals surface area (Å²) < 4.78 is 4.75. The second-order valence-electron chi connectivity index (χ2n) is 15.8. The number of ether oxygens (including phenoxy) is 1. The first kappa shape index (κ1) is 36.5. The number of hydrogen-bond acceptors (Lipinski definition) is 7. The smallest absolute Gasteiger partial charge is 0.407 e.